The predicted molar refractivity (Wildman–Crippen MR) is 83.7 cm³/mol. The Balaban J connectivity index is 2.16. The second-order valence-electron chi connectivity index (χ2n) is 6.23. The van der Waals surface area contributed by atoms with E-state index in [2.05, 4.69) is 13.8 Å². The fourth-order valence-corrected chi connectivity index (χ4v) is 14.9. The zero-order valence-corrected chi connectivity index (χ0v) is 16.7. The van der Waals surface area contributed by atoms with Crippen LogP contribution in [-0.2, 0) is 15.6 Å². The number of hydrogen-bond donors (Lipinski definition) is 2. The summed E-state index contributed by atoms with van der Waals surface area (Å²) in [7, 11) is 1.56. The monoisotopic (exact) mass is 426 g/mol. The summed E-state index contributed by atoms with van der Waals surface area (Å²) in [5.74, 6) is 0. The molecule has 0 aromatic carbocycles. The first-order chi connectivity index (χ1) is 10.6. The van der Waals surface area contributed by atoms with Gasteiger partial charge in [-0.25, -0.2) is 0 Å². The van der Waals surface area contributed by atoms with Crippen molar-refractivity contribution in [2.45, 2.75) is 79.1 Å². The molecule has 0 aromatic rings. The summed E-state index contributed by atoms with van der Waals surface area (Å²) in [4.78, 5) is 0. The van der Waals surface area contributed by atoms with Crippen LogP contribution in [0, 0.1) is 0 Å². The number of rotatable bonds is 8. The molecular weight excluding hydrogens is 395 g/mol. The number of fused-ring (bicyclic) bond motifs is 1. The average molecular weight is 425 g/mol. The van der Waals surface area contributed by atoms with Crippen LogP contribution in [0.2, 0.25) is 8.87 Å². The maximum absolute atomic E-state index is 10.4. The first-order valence-electron chi connectivity index (χ1n) is 8.43. The summed E-state index contributed by atoms with van der Waals surface area (Å²) < 4.78 is 25.8. The number of aliphatic hydroxyl groups excluding tert-OH is 2. The van der Waals surface area contributed by atoms with Crippen molar-refractivity contribution in [3.05, 3.63) is 0 Å². The van der Waals surface area contributed by atoms with Gasteiger partial charge in [-0.2, -0.15) is 0 Å². The molecule has 0 aromatic heterocycles. The van der Waals surface area contributed by atoms with E-state index in [0.717, 1.165) is 34.6 Å². The van der Waals surface area contributed by atoms with E-state index < -0.39 is 43.8 Å². The van der Waals surface area contributed by atoms with Gasteiger partial charge in [-0.05, 0) is 0 Å². The van der Waals surface area contributed by atoms with Gasteiger partial charge >= 0.3 is 138 Å². The number of unbranched alkanes of at least 4 members (excludes halogenated alkanes) is 2. The van der Waals surface area contributed by atoms with Crippen LogP contribution in [-0.4, -0.2) is 73.8 Å². The third-order valence-corrected chi connectivity index (χ3v) is 14.9. The van der Waals surface area contributed by atoms with Crippen molar-refractivity contribution >= 4 is 19.2 Å². The van der Waals surface area contributed by atoms with Crippen molar-refractivity contribution < 1.29 is 25.8 Å². The van der Waals surface area contributed by atoms with Gasteiger partial charge in [0, 0.05) is 0 Å². The molecule has 2 rings (SSSR count). The third-order valence-electron chi connectivity index (χ3n) is 4.55. The van der Waals surface area contributed by atoms with E-state index >= 15 is 0 Å². The van der Waals surface area contributed by atoms with Gasteiger partial charge in [0.15, 0.2) is 0 Å². The van der Waals surface area contributed by atoms with Crippen molar-refractivity contribution in [1.29, 1.82) is 0 Å². The SMILES string of the molecule is CCC[CH2][Sn]1([CH2]CCC)[O][C@H]2[C@@H](OC)O[C@H](CO)[C@@H](O)[C@@H]2[O]1. The van der Waals surface area contributed by atoms with Crippen LogP contribution in [0.4, 0.5) is 0 Å². The number of aliphatic hydroxyl groups is 2. The van der Waals surface area contributed by atoms with Crippen LogP contribution in [0.3, 0.4) is 0 Å². The fourth-order valence-electron chi connectivity index (χ4n) is 3.27. The van der Waals surface area contributed by atoms with Gasteiger partial charge in [-0.1, -0.05) is 0 Å². The van der Waals surface area contributed by atoms with Gasteiger partial charge in [0.05, 0.1) is 0 Å². The van der Waals surface area contributed by atoms with Crippen molar-refractivity contribution in [1.82, 2.24) is 0 Å². The van der Waals surface area contributed by atoms with Crippen LogP contribution in [0.5, 0.6) is 0 Å². The van der Waals surface area contributed by atoms with Crippen LogP contribution in [0.25, 0.3) is 0 Å². The van der Waals surface area contributed by atoms with E-state index in [1.54, 1.807) is 7.11 Å². The van der Waals surface area contributed by atoms with Gasteiger partial charge < -0.3 is 0 Å². The summed E-state index contributed by atoms with van der Waals surface area (Å²) in [5.41, 5.74) is 0. The molecule has 0 amide bonds. The molecule has 2 heterocycles. The molecule has 0 aliphatic carbocycles. The Morgan fingerprint density at radius 2 is 1.64 bits per heavy atom. The summed E-state index contributed by atoms with van der Waals surface area (Å²) in [5, 5.41) is 19.8. The molecule has 0 bridgehead atoms. The Kier molecular flexibility index (Phi) is 7.38. The molecule has 22 heavy (non-hydrogen) atoms. The molecule has 6 nitrogen and oxygen atoms in total. The minimum atomic E-state index is -3.20. The molecule has 7 heteroatoms. The molecule has 2 saturated heterocycles. The van der Waals surface area contributed by atoms with E-state index in [9.17, 15) is 10.2 Å². The van der Waals surface area contributed by atoms with E-state index in [-0.39, 0.29) is 12.7 Å². The molecule has 0 unspecified atom stereocenters. The van der Waals surface area contributed by atoms with E-state index in [0.29, 0.717) is 0 Å². The van der Waals surface area contributed by atoms with Gasteiger partial charge in [0.1, 0.15) is 0 Å². The normalized spacial score (nSPS) is 37.2. The summed E-state index contributed by atoms with van der Waals surface area (Å²) in [6.07, 6.45) is 1.50. The molecule has 5 atom stereocenters. The van der Waals surface area contributed by atoms with Gasteiger partial charge in [0.2, 0.25) is 0 Å². The predicted octanol–water partition coefficient (Wildman–Crippen LogP) is 1.54. The topological polar surface area (TPSA) is 77.4 Å². The molecule has 0 spiro atoms. The quantitative estimate of drug-likeness (QED) is 0.575. The molecule has 2 N–H and O–H groups in total. The number of methoxy groups -OCH3 is 1. The van der Waals surface area contributed by atoms with Gasteiger partial charge in [-0.3, -0.25) is 0 Å². The second-order valence-corrected chi connectivity index (χ2v) is 15.6. The standard InChI is InChI=1S/C7H12O6.2C4H9.Sn/c1-12-7-6(11)5(10)4(9)3(2-8)13-7;2*1-3-4-2;/h3-9H,2H2,1H3;2*1,3-4H2,2H3;/q-2;;;+2/t3-,4-,5+,6-,7+;;;/m1.../s1. The maximum atomic E-state index is 10.4. The average Bonchev–Trinajstić information content (AvgIpc) is 2.92. The Morgan fingerprint density at radius 1 is 1.05 bits per heavy atom. The summed E-state index contributed by atoms with van der Waals surface area (Å²) in [6.45, 7) is 4.08. The second kappa shape index (κ2) is 8.60. The molecule has 0 saturated carbocycles. The minimum absolute atomic E-state index is 0.250. The van der Waals surface area contributed by atoms with Crippen LogP contribution < -0.4 is 0 Å². The third kappa shape index (κ3) is 3.96. The van der Waals surface area contributed by atoms with E-state index in [4.69, 9.17) is 15.6 Å². The Labute approximate surface area is 138 Å². The van der Waals surface area contributed by atoms with Crippen molar-refractivity contribution in [3.8, 4) is 0 Å². The van der Waals surface area contributed by atoms with E-state index in [1.165, 1.54) is 0 Å². The van der Waals surface area contributed by atoms with Crippen molar-refractivity contribution in [2.75, 3.05) is 13.7 Å². The molecular formula is C15H30O6Sn. The van der Waals surface area contributed by atoms with Crippen LogP contribution in [0.15, 0.2) is 0 Å². The molecule has 130 valence electrons. The fraction of sp³-hybridized carbons (Fsp3) is 1.00. The zero-order valence-electron chi connectivity index (χ0n) is 13.9. The Morgan fingerprint density at radius 3 is 2.14 bits per heavy atom. The van der Waals surface area contributed by atoms with Gasteiger partial charge in [-0.15, -0.1) is 0 Å². The zero-order chi connectivity index (χ0) is 16.2. The Hall–Kier alpha value is 0.559. The van der Waals surface area contributed by atoms with Gasteiger partial charge in [0.25, 0.3) is 0 Å². The van der Waals surface area contributed by atoms with Crippen molar-refractivity contribution in [2.24, 2.45) is 0 Å². The number of ether oxygens (including phenoxy) is 2. The Bertz CT molecular complexity index is 334. The number of hydrogen-bond acceptors (Lipinski definition) is 6. The van der Waals surface area contributed by atoms with Crippen LogP contribution >= 0.6 is 0 Å². The molecule has 2 aliphatic heterocycles. The first kappa shape index (κ1) is 18.9. The van der Waals surface area contributed by atoms with E-state index in [1.807, 2.05) is 0 Å². The van der Waals surface area contributed by atoms with Crippen LogP contribution in [0.1, 0.15) is 39.5 Å². The van der Waals surface area contributed by atoms with Crippen molar-refractivity contribution in [3.63, 3.8) is 0 Å². The molecule has 2 fully saturated rings. The first-order valence-corrected chi connectivity index (χ1v) is 14.8. The molecule has 0 radical (unpaired) electrons. The summed E-state index contributed by atoms with van der Waals surface area (Å²) in [6, 6.07) is 0. The summed E-state index contributed by atoms with van der Waals surface area (Å²) >= 11 is -3.20. The molecule has 2 aliphatic rings.